The summed E-state index contributed by atoms with van der Waals surface area (Å²) in [4.78, 5) is 62.5. The summed E-state index contributed by atoms with van der Waals surface area (Å²) < 4.78 is 22.2. The average Bonchev–Trinajstić information content (AvgIpc) is 3.27. The zero-order chi connectivity index (χ0) is 48.7. The van der Waals surface area contributed by atoms with E-state index in [2.05, 4.69) is 19.2 Å². The molecule has 0 bridgehead atoms. The largest absolute Gasteiger partial charge is 0.464 e. The number of nitrogens with one attached hydrogen (secondary N) is 1. The maximum absolute atomic E-state index is 13.7. The van der Waals surface area contributed by atoms with Crippen LogP contribution in [-0.2, 0) is 42.9 Å². The van der Waals surface area contributed by atoms with E-state index >= 15 is 0 Å². The van der Waals surface area contributed by atoms with Crippen LogP contribution in [-0.4, -0.2) is 60.7 Å². The van der Waals surface area contributed by atoms with Crippen LogP contribution in [0.25, 0.3) is 0 Å². The second-order valence-corrected chi connectivity index (χ2v) is 19.5. The van der Waals surface area contributed by atoms with Crippen LogP contribution in [0.1, 0.15) is 298 Å². The standard InChI is InChI=1S/C56H105NO9/c1-7-9-11-13-15-17-19-21-22-23-24-25-26-27-28-29-30-31-32-33-34-36-38-40-42-44-46-54(65-50(5)60)56(62)57-52(47-63-48(3)58)55(66-51(6)61)53(64-49(4)59)45-43-41-39-37-35-20-18-16-14-12-10-8-2/h52-55H,7-47H2,1-6H3,(H,57,62)/t52-,53+,54-,55-/m0/s1. The average molecular weight is 936 g/mol. The van der Waals surface area contributed by atoms with E-state index in [0.717, 1.165) is 44.9 Å². The van der Waals surface area contributed by atoms with E-state index in [0.29, 0.717) is 19.3 Å². The van der Waals surface area contributed by atoms with Crippen molar-refractivity contribution >= 4 is 29.8 Å². The molecule has 0 aromatic carbocycles. The van der Waals surface area contributed by atoms with E-state index in [9.17, 15) is 24.0 Å². The second kappa shape index (κ2) is 47.4. The van der Waals surface area contributed by atoms with Crippen LogP contribution in [0.3, 0.4) is 0 Å². The molecule has 0 saturated carbocycles. The molecule has 0 heterocycles. The molecule has 388 valence electrons. The van der Waals surface area contributed by atoms with Crippen molar-refractivity contribution in [3.8, 4) is 0 Å². The topological polar surface area (TPSA) is 134 Å². The van der Waals surface area contributed by atoms with Gasteiger partial charge in [-0.25, -0.2) is 0 Å². The third-order valence-corrected chi connectivity index (χ3v) is 12.9. The summed E-state index contributed by atoms with van der Waals surface area (Å²) in [7, 11) is 0. The van der Waals surface area contributed by atoms with Crippen LogP contribution >= 0.6 is 0 Å². The molecule has 10 heteroatoms. The number of carbonyl (C=O) groups excluding carboxylic acids is 5. The minimum atomic E-state index is -1.13. The van der Waals surface area contributed by atoms with Crippen LogP contribution in [0, 0.1) is 0 Å². The van der Waals surface area contributed by atoms with Gasteiger partial charge in [0.05, 0.1) is 0 Å². The highest BCUT2D eigenvalue weighted by atomic mass is 16.6. The molecule has 0 unspecified atom stereocenters. The Labute approximate surface area is 406 Å². The highest BCUT2D eigenvalue weighted by molar-refractivity contribution is 5.83. The van der Waals surface area contributed by atoms with Gasteiger partial charge < -0.3 is 24.3 Å². The Kier molecular flexibility index (Phi) is 45.5. The number of carbonyl (C=O) groups is 5. The maximum atomic E-state index is 13.7. The smallest absolute Gasteiger partial charge is 0.303 e. The summed E-state index contributed by atoms with van der Waals surface area (Å²) in [5.41, 5.74) is 0. The fourth-order valence-corrected chi connectivity index (χ4v) is 9.09. The van der Waals surface area contributed by atoms with Crippen molar-refractivity contribution < 1.29 is 42.9 Å². The lowest BCUT2D eigenvalue weighted by atomic mass is 9.98. The van der Waals surface area contributed by atoms with Crippen LogP contribution in [0.2, 0.25) is 0 Å². The van der Waals surface area contributed by atoms with Crippen LogP contribution in [0.4, 0.5) is 0 Å². The van der Waals surface area contributed by atoms with Crippen LogP contribution in [0.5, 0.6) is 0 Å². The molecule has 0 spiro atoms. The zero-order valence-electron chi connectivity index (χ0n) is 44.0. The molecular formula is C56H105NO9. The maximum Gasteiger partial charge on any atom is 0.303 e. The Morgan fingerprint density at radius 3 is 0.924 bits per heavy atom. The first-order valence-corrected chi connectivity index (χ1v) is 28.0. The minimum Gasteiger partial charge on any atom is -0.464 e. The summed E-state index contributed by atoms with van der Waals surface area (Å²) in [6.45, 7) is 9.26. The molecule has 0 aromatic rings. The third kappa shape index (κ3) is 42.7. The minimum absolute atomic E-state index is 0.318. The molecule has 0 aliphatic carbocycles. The van der Waals surface area contributed by atoms with Gasteiger partial charge in [-0.1, -0.05) is 245 Å². The monoisotopic (exact) mass is 936 g/mol. The Balaban J connectivity index is 4.63. The SMILES string of the molecule is CCCCCCCCCCCCCCCCCCCCCCCCCCCC[C@H](OC(C)=O)C(=O)N[C@@H](COC(C)=O)[C@H](OC(C)=O)[C@@H](CCCCCCCCCCCCCC)OC(C)=O. The number of ether oxygens (including phenoxy) is 4. The van der Waals surface area contributed by atoms with Gasteiger partial charge in [0.2, 0.25) is 0 Å². The van der Waals surface area contributed by atoms with Gasteiger partial charge in [-0.3, -0.25) is 24.0 Å². The highest BCUT2D eigenvalue weighted by Crippen LogP contribution is 2.22. The molecule has 0 aromatic heterocycles. The predicted molar refractivity (Wildman–Crippen MR) is 271 cm³/mol. The summed E-state index contributed by atoms with van der Waals surface area (Å²) in [5.74, 6) is -2.92. The Hall–Kier alpha value is -2.65. The van der Waals surface area contributed by atoms with Gasteiger partial charge in [0, 0.05) is 27.7 Å². The third-order valence-electron chi connectivity index (χ3n) is 12.9. The molecule has 66 heavy (non-hydrogen) atoms. The molecule has 0 aliphatic rings. The number of esters is 4. The molecule has 0 saturated heterocycles. The van der Waals surface area contributed by atoms with Gasteiger partial charge in [-0.05, 0) is 25.7 Å². The van der Waals surface area contributed by atoms with Crippen LogP contribution < -0.4 is 5.32 Å². The fourth-order valence-electron chi connectivity index (χ4n) is 9.09. The van der Waals surface area contributed by atoms with Crippen molar-refractivity contribution in [1.82, 2.24) is 5.32 Å². The lowest BCUT2D eigenvalue weighted by Crippen LogP contribution is -2.56. The highest BCUT2D eigenvalue weighted by Gasteiger charge is 2.38. The predicted octanol–water partition coefficient (Wildman–Crippen LogP) is 15.5. The molecule has 4 atom stereocenters. The molecule has 0 radical (unpaired) electrons. The first-order valence-electron chi connectivity index (χ1n) is 28.0. The molecule has 10 nitrogen and oxygen atoms in total. The lowest BCUT2D eigenvalue weighted by Gasteiger charge is -2.33. The van der Waals surface area contributed by atoms with Crippen molar-refractivity contribution in [3.05, 3.63) is 0 Å². The number of hydrogen-bond donors (Lipinski definition) is 1. The van der Waals surface area contributed by atoms with Gasteiger partial charge in [0.25, 0.3) is 5.91 Å². The summed E-state index contributed by atoms with van der Waals surface area (Å²) >= 11 is 0. The van der Waals surface area contributed by atoms with Gasteiger partial charge >= 0.3 is 23.9 Å². The Morgan fingerprint density at radius 2 is 0.636 bits per heavy atom. The van der Waals surface area contributed by atoms with Gasteiger partial charge in [0.1, 0.15) is 18.8 Å². The van der Waals surface area contributed by atoms with Crippen LogP contribution in [0.15, 0.2) is 0 Å². The second-order valence-electron chi connectivity index (χ2n) is 19.5. The van der Waals surface area contributed by atoms with E-state index in [1.54, 1.807) is 0 Å². The molecule has 1 amide bonds. The van der Waals surface area contributed by atoms with Gasteiger partial charge in [0.15, 0.2) is 12.2 Å². The molecular weight excluding hydrogens is 831 g/mol. The van der Waals surface area contributed by atoms with Crippen molar-refractivity contribution in [1.29, 1.82) is 0 Å². The number of rotatable bonds is 49. The normalized spacial score (nSPS) is 13.1. The van der Waals surface area contributed by atoms with Crippen molar-refractivity contribution in [2.24, 2.45) is 0 Å². The van der Waals surface area contributed by atoms with E-state index in [1.165, 1.54) is 220 Å². The summed E-state index contributed by atoms with van der Waals surface area (Å²) in [5, 5.41) is 2.84. The number of amides is 1. The van der Waals surface area contributed by atoms with E-state index < -0.39 is 54.1 Å². The van der Waals surface area contributed by atoms with Crippen molar-refractivity contribution in [3.63, 3.8) is 0 Å². The molecule has 0 rings (SSSR count). The van der Waals surface area contributed by atoms with Crippen molar-refractivity contribution in [2.75, 3.05) is 6.61 Å². The molecule has 0 fully saturated rings. The van der Waals surface area contributed by atoms with Gasteiger partial charge in [-0.2, -0.15) is 0 Å². The molecule has 1 N–H and O–H groups in total. The first-order chi connectivity index (χ1) is 32.0. The first kappa shape index (κ1) is 63.4. The summed E-state index contributed by atoms with van der Waals surface area (Å²) in [6, 6.07) is -1.04. The Bertz CT molecular complexity index is 1160. The van der Waals surface area contributed by atoms with Gasteiger partial charge in [-0.15, -0.1) is 0 Å². The lowest BCUT2D eigenvalue weighted by molar-refractivity contribution is -0.172. The number of hydrogen-bond acceptors (Lipinski definition) is 9. The zero-order valence-corrected chi connectivity index (χ0v) is 44.0. The quantitative estimate of drug-likeness (QED) is 0.0359. The fraction of sp³-hybridized carbons (Fsp3) is 0.911. The van der Waals surface area contributed by atoms with E-state index in [1.807, 2.05) is 0 Å². The van der Waals surface area contributed by atoms with E-state index in [-0.39, 0.29) is 6.61 Å². The molecule has 0 aliphatic heterocycles. The number of unbranched alkanes of at least 4 members (excludes halogenated alkanes) is 36. The van der Waals surface area contributed by atoms with Crippen molar-refractivity contribution in [2.45, 2.75) is 323 Å². The van der Waals surface area contributed by atoms with E-state index in [4.69, 9.17) is 18.9 Å². The Morgan fingerprint density at radius 1 is 0.348 bits per heavy atom. The summed E-state index contributed by atoms with van der Waals surface area (Å²) in [6.07, 6.45) is 45.8.